The summed E-state index contributed by atoms with van der Waals surface area (Å²) in [6.07, 6.45) is 0. The lowest BCUT2D eigenvalue weighted by atomic mass is 9.94. The highest BCUT2D eigenvalue weighted by Crippen LogP contribution is 2.48. The van der Waals surface area contributed by atoms with Crippen LogP contribution in [-0.4, -0.2) is 50.2 Å². The zero-order valence-electron chi connectivity index (χ0n) is 21.4. The topological polar surface area (TPSA) is 107 Å². The van der Waals surface area contributed by atoms with Gasteiger partial charge in [-0.1, -0.05) is 35.1 Å². The Kier molecular flexibility index (Phi) is 7.07. The number of Topliss-reactive ketones (excluding diaryl/α,β-unsaturated/α-hetero) is 1. The first-order chi connectivity index (χ1) is 18.8. The smallest absolute Gasteiger partial charge is 0.301 e. The number of nitrogens with zero attached hydrogens (tertiary/aromatic N) is 2. The van der Waals surface area contributed by atoms with E-state index >= 15 is 0 Å². The number of carbonyl (C=O) groups excluding carboxylic acids is 2. The van der Waals surface area contributed by atoms with E-state index in [0.717, 1.165) is 4.70 Å². The zero-order chi connectivity index (χ0) is 27.8. The van der Waals surface area contributed by atoms with Crippen LogP contribution in [0.5, 0.6) is 23.0 Å². The average molecular weight is 567 g/mol. The highest BCUT2D eigenvalue weighted by Gasteiger charge is 2.48. The van der Waals surface area contributed by atoms with E-state index in [1.807, 2.05) is 0 Å². The summed E-state index contributed by atoms with van der Waals surface area (Å²) < 4.78 is 22.5. The number of anilines is 1. The van der Waals surface area contributed by atoms with E-state index in [1.54, 1.807) is 54.6 Å². The Morgan fingerprint density at radius 3 is 2.31 bits per heavy atom. The SMILES string of the molecule is COc1cccc(/C(O)=C2\C(=O)C(=O)N(c3nc4ccc(Cl)cc4s3)C2c2cc(OC)c(OC)c(OC)c2)c1. The number of fused-ring (bicyclic) bond motifs is 1. The summed E-state index contributed by atoms with van der Waals surface area (Å²) in [6, 6.07) is 13.9. The first kappa shape index (κ1) is 26.3. The quantitative estimate of drug-likeness (QED) is 0.175. The molecule has 2 heterocycles. The second-order valence-electron chi connectivity index (χ2n) is 8.47. The number of hydrogen-bond acceptors (Lipinski definition) is 9. The number of ether oxygens (including phenoxy) is 4. The van der Waals surface area contributed by atoms with Crippen LogP contribution in [-0.2, 0) is 9.59 Å². The molecule has 1 saturated heterocycles. The molecule has 5 rings (SSSR count). The summed E-state index contributed by atoms with van der Waals surface area (Å²) in [7, 11) is 5.89. The third-order valence-corrected chi connectivity index (χ3v) is 7.59. The second-order valence-corrected chi connectivity index (χ2v) is 9.91. The predicted molar refractivity (Wildman–Crippen MR) is 149 cm³/mol. The van der Waals surface area contributed by atoms with E-state index < -0.39 is 17.7 Å². The van der Waals surface area contributed by atoms with Gasteiger partial charge < -0.3 is 24.1 Å². The normalized spacial score (nSPS) is 16.5. The second kappa shape index (κ2) is 10.5. The maximum absolute atomic E-state index is 13.6. The monoisotopic (exact) mass is 566 g/mol. The maximum Gasteiger partial charge on any atom is 0.301 e. The molecule has 0 saturated carbocycles. The molecular weight excluding hydrogens is 544 g/mol. The molecule has 1 aliphatic heterocycles. The van der Waals surface area contributed by atoms with Crippen LogP contribution in [0.3, 0.4) is 0 Å². The van der Waals surface area contributed by atoms with Gasteiger partial charge >= 0.3 is 5.91 Å². The van der Waals surface area contributed by atoms with Crippen LogP contribution < -0.4 is 23.8 Å². The molecule has 0 spiro atoms. The van der Waals surface area contributed by atoms with Gasteiger partial charge in [0.2, 0.25) is 5.75 Å². The Morgan fingerprint density at radius 2 is 1.67 bits per heavy atom. The van der Waals surface area contributed by atoms with Gasteiger partial charge in [0.25, 0.3) is 5.78 Å². The van der Waals surface area contributed by atoms with E-state index in [-0.39, 0.29) is 16.5 Å². The fourth-order valence-electron chi connectivity index (χ4n) is 4.52. The molecule has 200 valence electrons. The third kappa shape index (κ3) is 4.51. The van der Waals surface area contributed by atoms with Gasteiger partial charge in [0.05, 0.1) is 50.3 Å². The molecule has 9 nitrogen and oxygen atoms in total. The first-order valence-corrected chi connectivity index (χ1v) is 12.8. The summed E-state index contributed by atoms with van der Waals surface area (Å²) in [5.74, 6) is -0.638. The van der Waals surface area contributed by atoms with Crippen molar-refractivity contribution in [1.82, 2.24) is 4.98 Å². The summed E-state index contributed by atoms with van der Waals surface area (Å²) in [6.45, 7) is 0. The van der Waals surface area contributed by atoms with Crippen molar-refractivity contribution in [2.75, 3.05) is 33.3 Å². The molecule has 1 aromatic heterocycles. The molecule has 1 amide bonds. The molecule has 1 unspecified atom stereocenters. The lowest BCUT2D eigenvalue weighted by Crippen LogP contribution is -2.29. The number of hydrogen-bond donors (Lipinski definition) is 1. The van der Waals surface area contributed by atoms with Gasteiger partial charge in [-0.25, -0.2) is 4.98 Å². The molecule has 0 radical (unpaired) electrons. The Balaban J connectivity index is 1.79. The maximum atomic E-state index is 13.6. The Bertz CT molecular complexity index is 1620. The number of methoxy groups -OCH3 is 4. The Hall–Kier alpha value is -4.28. The van der Waals surface area contributed by atoms with E-state index in [9.17, 15) is 14.7 Å². The van der Waals surface area contributed by atoms with Gasteiger partial charge in [-0.3, -0.25) is 14.5 Å². The highest BCUT2D eigenvalue weighted by atomic mass is 35.5. The standard InChI is InChI=1S/C28H23ClN2O7S/c1-35-17-7-5-6-14(10-17)24(32)22-23(15-11-19(36-2)26(38-4)20(12-15)37-3)31(27(34)25(22)33)28-30-18-9-8-16(29)13-21(18)39-28/h5-13,23,32H,1-4H3/b24-22+. The minimum atomic E-state index is -1.07. The first-order valence-electron chi connectivity index (χ1n) is 11.6. The number of benzene rings is 3. The van der Waals surface area contributed by atoms with Crippen molar-refractivity contribution in [2.45, 2.75) is 6.04 Å². The van der Waals surface area contributed by atoms with Crippen LogP contribution in [0.1, 0.15) is 17.2 Å². The number of ketones is 1. The number of aliphatic hydroxyl groups excluding tert-OH is 1. The molecule has 3 aromatic carbocycles. The van der Waals surface area contributed by atoms with Crippen molar-refractivity contribution in [3.05, 3.63) is 76.3 Å². The zero-order valence-corrected chi connectivity index (χ0v) is 22.9. The summed E-state index contributed by atoms with van der Waals surface area (Å²) in [5.41, 5.74) is 1.23. The molecular formula is C28H23ClN2O7S. The van der Waals surface area contributed by atoms with Gasteiger partial charge in [-0.05, 0) is 48.0 Å². The van der Waals surface area contributed by atoms with Crippen molar-refractivity contribution in [3.63, 3.8) is 0 Å². The number of amides is 1. The average Bonchev–Trinajstić information content (AvgIpc) is 3.48. The van der Waals surface area contributed by atoms with Crippen molar-refractivity contribution in [1.29, 1.82) is 0 Å². The number of carbonyl (C=O) groups is 2. The van der Waals surface area contributed by atoms with Crippen LogP contribution in [0.25, 0.3) is 16.0 Å². The van der Waals surface area contributed by atoms with Crippen molar-refractivity contribution >= 4 is 55.7 Å². The third-order valence-electron chi connectivity index (χ3n) is 6.34. The number of aromatic nitrogens is 1. The van der Waals surface area contributed by atoms with Crippen LogP contribution in [0.4, 0.5) is 5.13 Å². The highest BCUT2D eigenvalue weighted by molar-refractivity contribution is 7.22. The van der Waals surface area contributed by atoms with Gasteiger partial charge in [-0.15, -0.1) is 0 Å². The molecule has 1 atom stereocenters. The van der Waals surface area contributed by atoms with Gasteiger partial charge in [0.1, 0.15) is 11.5 Å². The van der Waals surface area contributed by atoms with Crippen LogP contribution >= 0.6 is 22.9 Å². The molecule has 11 heteroatoms. The van der Waals surface area contributed by atoms with Gasteiger partial charge in [-0.2, -0.15) is 0 Å². The summed E-state index contributed by atoms with van der Waals surface area (Å²) in [5, 5.41) is 12.2. The van der Waals surface area contributed by atoms with E-state index in [0.29, 0.717) is 44.7 Å². The van der Waals surface area contributed by atoms with Crippen molar-refractivity contribution < 1.29 is 33.6 Å². The fourth-order valence-corrected chi connectivity index (χ4v) is 5.79. The number of halogens is 1. The predicted octanol–water partition coefficient (Wildman–Crippen LogP) is 5.61. The van der Waals surface area contributed by atoms with Crippen molar-refractivity contribution in [2.24, 2.45) is 0 Å². The van der Waals surface area contributed by atoms with E-state index in [1.165, 1.54) is 44.7 Å². The van der Waals surface area contributed by atoms with Crippen LogP contribution in [0, 0.1) is 0 Å². The van der Waals surface area contributed by atoms with Crippen LogP contribution in [0.15, 0.2) is 60.2 Å². The lowest BCUT2D eigenvalue weighted by Gasteiger charge is -2.24. The minimum absolute atomic E-state index is 0.125. The number of aliphatic hydroxyl groups is 1. The van der Waals surface area contributed by atoms with Gasteiger partial charge in [0, 0.05) is 10.6 Å². The molecule has 1 fully saturated rings. The largest absolute Gasteiger partial charge is 0.507 e. The fraction of sp³-hybridized carbons (Fsp3) is 0.179. The molecule has 1 N–H and O–H groups in total. The molecule has 39 heavy (non-hydrogen) atoms. The van der Waals surface area contributed by atoms with Crippen LogP contribution in [0.2, 0.25) is 5.02 Å². The Labute approximate surface area is 232 Å². The minimum Gasteiger partial charge on any atom is -0.507 e. The van der Waals surface area contributed by atoms with Crippen molar-refractivity contribution in [3.8, 4) is 23.0 Å². The number of rotatable bonds is 7. The molecule has 4 aromatic rings. The number of thiazole rings is 1. The molecule has 1 aliphatic rings. The summed E-state index contributed by atoms with van der Waals surface area (Å²) in [4.78, 5) is 33.0. The van der Waals surface area contributed by atoms with E-state index in [4.69, 9.17) is 30.5 Å². The lowest BCUT2D eigenvalue weighted by molar-refractivity contribution is -0.132. The van der Waals surface area contributed by atoms with E-state index in [2.05, 4.69) is 4.98 Å². The van der Waals surface area contributed by atoms with Gasteiger partial charge in [0.15, 0.2) is 16.6 Å². The Morgan fingerprint density at radius 1 is 0.949 bits per heavy atom. The molecule has 0 bridgehead atoms. The summed E-state index contributed by atoms with van der Waals surface area (Å²) >= 11 is 7.37. The molecule has 0 aliphatic carbocycles.